The van der Waals surface area contributed by atoms with Gasteiger partial charge in [-0.25, -0.2) is 9.78 Å². The van der Waals surface area contributed by atoms with Gasteiger partial charge in [0.1, 0.15) is 0 Å². The third-order valence-electron chi connectivity index (χ3n) is 1.86. The molecule has 0 fully saturated rings. The van der Waals surface area contributed by atoms with Crippen molar-refractivity contribution in [2.75, 3.05) is 11.9 Å². The fourth-order valence-corrected chi connectivity index (χ4v) is 2.01. The quantitative estimate of drug-likeness (QED) is 0.783. The maximum Gasteiger partial charge on any atom is 0.413 e. The van der Waals surface area contributed by atoms with Crippen LogP contribution < -0.4 is 4.90 Å². The lowest BCUT2D eigenvalue weighted by molar-refractivity contribution is 0.203. The van der Waals surface area contributed by atoms with Crippen molar-refractivity contribution in [3.63, 3.8) is 0 Å². The summed E-state index contributed by atoms with van der Waals surface area (Å²) in [4.78, 5) is 16.0. The van der Waals surface area contributed by atoms with Crippen molar-refractivity contribution >= 4 is 32.8 Å². The van der Waals surface area contributed by atoms with Gasteiger partial charge in [-0.05, 0) is 12.1 Å². The van der Waals surface area contributed by atoms with Gasteiger partial charge in [-0.3, -0.25) is 4.90 Å². The molecule has 2 rings (SSSR count). The Balaban J connectivity index is 2.50. The number of rotatable bonds is 1. The van der Waals surface area contributed by atoms with Gasteiger partial charge in [0.15, 0.2) is 5.13 Å². The fraction of sp³-hybridized carbons (Fsp3) is 0.111. The van der Waals surface area contributed by atoms with Gasteiger partial charge in [-0.2, -0.15) is 0 Å². The minimum atomic E-state index is -0.996. The number of benzene rings is 1. The van der Waals surface area contributed by atoms with Gasteiger partial charge in [0, 0.05) is 7.05 Å². The van der Waals surface area contributed by atoms with Crippen LogP contribution in [0.5, 0.6) is 0 Å². The van der Waals surface area contributed by atoms with Crippen molar-refractivity contribution < 1.29 is 9.90 Å². The van der Waals surface area contributed by atoms with E-state index in [-0.39, 0.29) is 0 Å². The van der Waals surface area contributed by atoms with Gasteiger partial charge >= 0.3 is 6.09 Å². The first-order chi connectivity index (χ1) is 6.68. The SMILES string of the molecule is CN(C(=O)O)c1nc2ccccc2s1. The predicted octanol–water partition coefficient (Wildman–Crippen LogP) is 2.41. The number of carbonyl (C=O) groups is 1. The molecule has 4 nitrogen and oxygen atoms in total. The molecule has 1 amide bonds. The van der Waals surface area contributed by atoms with Gasteiger partial charge in [0.05, 0.1) is 10.2 Å². The number of hydrogen-bond acceptors (Lipinski definition) is 3. The van der Waals surface area contributed by atoms with Crippen LogP contribution in [0.15, 0.2) is 24.3 Å². The first-order valence-corrected chi connectivity index (χ1v) is 4.82. The van der Waals surface area contributed by atoms with Crippen LogP contribution in [0.4, 0.5) is 9.93 Å². The zero-order valence-electron chi connectivity index (χ0n) is 7.47. The number of para-hydroxylation sites is 1. The van der Waals surface area contributed by atoms with Crippen LogP contribution in [0.3, 0.4) is 0 Å². The van der Waals surface area contributed by atoms with Crippen molar-refractivity contribution in [3.8, 4) is 0 Å². The molecule has 5 heteroatoms. The highest BCUT2D eigenvalue weighted by molar-refractivity contribution is 7.22. The smallest absolute Gasteiger partial charge is 0.413 e. The first kappa shape index (κ1) is 8.96. The molecule has 1 aromatic carbocycles. The fourth-order valence-electron chi connectivity index (χ4n) is 1.09. The number of thiazole rings is 1. The summed E-state index contributed by atoms with van der Waals surface area (Å²) in [6, 6.07) is 7.58. The van der Waals surface area contributed by atoms with E-state index in [0.717, 1.165) is 15.1 Å². The third-order valence-corrected chi connectivity index (χ3v) is 2.97. The molecule has 14 heavy (non-hydrogen) atoms. The van der Waals surface area contributed by atoms with Gasteiger partial charge in [-0.15, -0.1) is 0 Å². The summed E-state index contributed by atoms with van der Waals surface area (Å²) in [7, 11) is 1.49. The molecule has 2 aromatic rings. The zero-order chi connectivity index (χ0) is 10.1. The number of aromatic nitrogens is 1. The van der Waals surface area contributed by atoms with E-state index in [4.69, 9.17) is 5.11 Å². The summed E-state index contributed by atoms with van der Waals surface area (Å²) in [6.45, 7) is 0. The minimum absolute atomic E-state index is 0.499. The molecule has 0 radical (unpaired) electrons. The highest BCUT2D eigenvalue weighted by Gasteiger charge is 2.12. The van der Waals surface area contributed by atoms with Crippen molar-refractivity contribution in [1.82, 2.24) is 4.98 Å². The minimum Gasteiger partial charge on any atom is -0.465 e. The standard InChI is InChI=1S/C9H8N2O2S/c1-11(9(12)13)8-10-6-4-2-3-5-7(6)14-8/h2-5H,1H3,(H,12,13). The summed E-state index contributed by atoms with van der Waals surface area (Å²) in [6.07, 6.45) is -0.996. The third kappa shape index (κ3) is 1.42. The molecule has 72 valence electrons. The molecular formula is C9H8N2O2S. The highest BCUT2D eigenvalue weighted by Crippen LogP contribution is 2.27. The normalized spacial score (nSPS) is 10.4. The molecule has 1 aromatic heterocycles. The van der Waals surface area contributed by atoms with Crippen LogP contribution in [0.1, 0.15) is 0 Å². The molecule has 0 aliphatic rings. The molecular weight excluding hydrogens is 200 g/mol. The lowest BCUT2D eigenvalue weighted by Crippen LogP contribution is -2.23. The summed E-state index contributed by atoms with van der Waals surface area (Å²) in [5.41, 5.74) is 0.834. The van der Waals surface area contributed by atoms with E-state index in [1.807, 2.05) is 24.3 Å². The molecule has 0 aliphatic carbocycles. The Hall–Kier alpha value is -1.62. The lowest BCUT2D eigenvalue weighted by atomic mass is 10.3. The molecule has 0 saturated heterocycles. The second-order valence-electron chi connectivity index (χ2n) is 2.81. The van der Waals surface area contributed by atoms with E-state index in [1.165, 1.54) is 18.4 Å². The molecule has 0 atom stereocenters. The monoisotopic (exact) mass is 208 g/mol. The Morgan fingerprint density at radius 3 is 2.86 bits per heavy atom. The summed E-state index contributed by atoms with van der Waals surface area (Å²) in [5.74, 6) is 0. The van der Waals surface area contributed by atoms with E-state index in [0.29, 0.717) is 5.13 Å². The molecule has 1 heterocycles. The Labute approximate surface area is 84.4 Å². The average molecular weight is 208 g/mol. The number of carboxylic acid groups (broad SMARTS) is 1. The van der Waals surface area contributed by atoms with Crippen LogP contribution in [-0.4, -0.2) is 23.2 Å². The predicted molar refractivity (Wildman–Crippen MR) is 56.0 cm³/mol. The van der Waals surface area contributed by atoms with E-state index in [2.05, 4.69) is 4.98 Å². The average Bonchev–Trinajstić information content (AvgIpc) is 2.59. The maximum atomic E-state index is 10.7. The zero-order valence-corrected chi connectivity index (χ0v) is 8.28. The van der Waals surface area contributed by atoms with E-state index >= 15 is 0 Å². The topological polar surface area (TPSA) is 53.4 Å². The highest BCUT2D eigenvalue weighted by atomic mass is 32.1. The molecule has 1 N–H and O–H groups in total. The number of amides is 1. The number of fused-ring (bicyclic) bond motifs is 1. The summed E-state index contributed by atoms with van der Waals surface area (Å²) in [5, 5.41) is 9.25. The van der Waals surface area contributed by atoms with Gasteiger partial charge in [0.2, 0.25) is 0 Å². The largest absolute Gasteiger partial charge is 0.465 e. The van der Waals surface area contributed by atoms with Crippen LogP contribution in [0, 0.1) is 0 Å². The maximum absolute atomic E-state index is 10.7. The van der Waals surface area contributed by atoms with Gasteiger partial charge < -0.3 is 5.11 Å². The molecule has 0 bridgehead atoms. The van der Waals surface area contributed by atoms with Crippen LogP contribution in [-0.2, 0) is 0 Å². The Morgan fingerprint density at radius 1 is 1.50 bits per heavy atom. The Kier molecular flexibility index (Phi) is 2.09. The molecule has 0 spiro atoms. The summed E-state index contributed by atoms with van der Waals surface area (Å²) >= 11 is 1.37. The van der Waals surface area contributed by atoms with E-state index < -0.39 is 6.09 Å². The van der Waals surface area contributed by atoms with E-state index in [9.17, 15) is 4.79 Å². The molecule has 0 unspecified atom stereocenters. The Bertz CT molecular complexity index is 447. The number of anilines is 1. The summed E-state index contributed by atoms with van der Waals surface area (Å²) < 4.78 is 0.996. The van der Waals surface area contributed by atoms with Crippen molar-refractivity contribution in [3.05, 3.63) is 24.3 Å². The second kappa shape index (κ2) is 3.26. The number of hydrogen-bond donors (Lipinski definition) is 1. The van der Waals surface area contributed by atoms with E-state index in [1.54, 1.807) is 0 Å². The van der Waals surface area contributed by atoms with Gasteiger partial charge in [0.25, 0.3) is 0 Å². The lowest BCUT2D eigenvalue weighted by Gasteiger charge is -2.06. The first-order valence-electron chi connectivity index (χ1n) is 4.00. The molecule has 0 aliphatic heterocycles. The van der Waals surface area contributed by atoms with Crippen molar-refractivity contribution in [1.29, 1.82) is 0 Å². The van der Waals surface area contributed by atoms with Crippen LogP contribution in [0.25, 0.3) is 10.2 Å². The Morgan fingerprint density at radius 2 is 2.21 bits per heavy atom. The molecule has 0 saturated carbocycles. The second-order valence-corrected chi connectivity index (χ2v) is 3.81. The van der Waals surface area contributed by atoms with Crippen molar-refractivity contribution in [2.45, 2.75) is 0 Å². The number of nitrogens with zero attached hydrogens (tertiary/aromatic N) is 2. The van der Waals surface area contributed by atoms with Gasteiger partial charge in [-0.1, -0.05) is 23.5 Å². The van der Waals surface area contributed by atoms with Crippen LogP contribution >= 0.6 is 11.3 Å². The van der Waals surface area contributed by atoms with Crippen LogP contribution in [0.2, 0.25) is 0 Å². The van der Waals surface area contributed by atoms with Crippen molar-refractivity contribution in [2.24, 2.45) is 0 Å².